The predicted octanol–water partition coefficient (Wildman–Crippen LogP) is 5.03. The Morgan fingerprint density at radius 3 is 2.15 bits per heavy atom. The van der Waals surface area contributed by atoms with Crippen LogP contribution < -0.4 is 5.73 Å². The van der Waals surface area contributed by atoms with Gasteiger partial charge in [-0.2, -0.15) is 11.8 Å². The molecule has 0 spiro atoms. The number of anilines is 1. The Bertz CT molecular complexity index is 621. The zero-order chi connectivity index (χ0) is 14.9. The minimum atomic E-state index is 0.923. The minimum Gasteiger partial charge on any atom is -0.398 e. The lowest BCUT2D eigenvalue weighted by Gasteiger charge is -2.17. The van der Waals surface area contributed by atoms with E-state index in [-0.39, 0.29) is 0 Å². The number of hydrogen-bond donors (Lipinski definition) is 1. The first kappa shape index (κ1) is 15.0. The zero-order valence-corrected chi connectivity index (χ0v) is 13.8. The third kappa shape index (κ3) is 2.71. The Kier molecular flexibility index (Phi) is 4.44. The second-order valence-corrected chi connectivity index (χ2v) is 6.38. The van der Waals surface area contributed by atoms with Gasteiger partial charge in [-0.1, -0.05) is 29.8 Å². The normalized spacial score (nSPS) is 10.8. The fourth-order valence-electron chi connectivity index (χ4n) is 2.91. The summed E-state index contributed by atoms with van der Waals surface area (Å²) in [7, 11) is 0. The van der Waals surface area contributed by atoms with Crippen molar-refractivity contribution in [1.29, 1.82) is 0 Å². The molecule has 0 unspecified atom stereocenters. The van der Waals surface area contributed by atoms with E-state index in [0.717, 1.165) is 11.4 Å². The standard InChI is InChI=1S/C18H23NS/c1-11-8-12(2)17(13(3)9-11)16-7-6-15(10-20-5)14(4)18(16)19/h6-9H,10,19H2,1-5H3. The average Bonchev–Trinajstić information content (AvgIpc) is 2.36. The van der Waals surface area contributed by atoms with Crippen molar-refractivity contribution in [3.05, 3.63) is 52.1 Å². The van der Waals surface area contributed by atoms with Gasteiger partial charge in [-0.05, 0) is 61.8 Å². The molecule has 106 valence electrons. The number of aryl methyl sites for hydroxylation is 3. The monoisotopic (exact) mass is 285 g/mol. The molecule has 2 aromatic carbocycles. The maximum absolute atomic E-state index is 6.41. The Labute approximate surface area is 126 Å². The molecular formula is C18H23NS. The summed E-state index contributed by atoms with van der Waals surface area (Å²) < 4.78 is 0. The summed E-state index contributed by atoms with van der Waals surface area (Å²) >= 11 is 1.83. The molecular weight excluding hydrogens is 262 g/mol. The molecule has 0 saturated carbocycles. The van der Waals surface area contributed by atoms with Crippen LogP contribution in [-0.2, 0) is 5.75 Å². The lowest BCUT2D eigenvalue weighted by atomic mass is 9.90. The average molecular weight is 285 g/mol. The van der Waals surface area contributed by atoms with Crippen LogP contribution >= 0.6 is 11.8 Å². The number of nitrogen functional groups attached to an aromatic ring is 1. The summed E-state index contributed by atoms with van der Waals surface area (Å²) in [5.41, 5.74) is 16.2. The van der Waals surface area contributed by atoms with E-state index >= 15 is 0 Å². The molecule has 0 aliphatic carbocycles. The molecule has 0 atom stereocenters. The molecule has 0 heterocycles. The molecule has 2 N–H and O–H groups in total. The molecule has 0 bridgehead atoms. The highest BCUT2D eigenvalue weighted by atomic mass is 32.2. The zero-order valence-electron chi connectivity index (χ0n) is 13.0. The lowest BCUT2D eigenvalue weighted by molar-refractivity contribution is 1.29. The molecule has 0 radical (unpaired) electrons. The number of nitrogens with two attached hydrogens (primary N) is 1. The number of thioether (sulfide) groups is 1. The van der Waals surface area contributed by atoms with Gasteiger partial charge in [0.05, 0.1) is 0 Å². The van der Waals surface area contributed by atoms with Crippen molar-refractivity contribution >= 4 is 17.4 Å². The summed E-state index contributed by atoms with van der Waals surface area (Å²) in [6.45, 7) is 8.60. The van der Waals surface area contributed by atoms with E-state index < -0.39 is 0 Å². The summed E-state index contributed by atoms with van der Waals surface area (Å²) in [4.78, 5) is 0. The van der Waals surface area contributed by atoms with E-state index in [1.54, 1.807) is 0 Å². The van der Waals surface area contributed by atoms with Gasteiger partial charge in [0.1, 0.15) is 0 Å². The summed E-state index contributed by atoms with van der Waals surface area (Å²) in [5, 5.41) is 0. The Hall–Kier alpha value is -1.41. The van der Waals surface area contributed by atoms with Gasteiger partial charge in [-0.25, -0.2) is 0 Å². The predicted molar refractivity (Wildman–Crippen MR) is 92.5 cm³/mol. The summed E-state index contributed by atoms with van der Waals surface area (Å²) in [5.74, 6) is 1.02. The highest BCUT2D eigenvalue weighted by Crippen LogP contribution is 2.35. The van der Waals surface area contributed by atoms with Gasteiger partial charge >= 0.3 is 0 Å². The Morgan fingerprint density at radius 2 is 1.60 bits per heavy atom. The smallest absolute Gasteiger partial charge is 0.0426 e. The van der Waals surface area contributed by atoms with Crippen molar-refractivity contribution in [3.63, 3.8) is 0 Å². The molecule has 2 aromatic rings. The molecule has 2 rings (SSSR count). The van der Waals surface area contributed by atoms with Crippen molar-refractivity contribution in [2.45, 2.75) is 33.4 Å². The highest BCUT2D eigenvalue weighted by Gasteiger charge is 2.13. The van der Waals surface area contributed by atoms with Gasteiger partial charge in [-0.15, -0.1) is 0 Å². The molecule has 0 fully saturated rings. The number of hydrogen-bond acceptors (Lipinski definition) is 2. The van der Waals surface area contributed by atoms with Crippen LogP contribution in [0.3, 0.4) is 0 Å². The van der Waals surface area contributed by atoms with Gasteiger partial charge in [0, 0.05) is 17.0 Å². The van der Waals surface area contributed by atoms with E-state index in [1.807, 2.05) is 11.8 Å². The molecule has 2 heteroatoms. The first-order valence-electron chi connectivity index (χ1n) is 6.90. The van der Waals surface area contributed by atoms with E-state index in [9.17, 15) is 0 Å². The first-order valence-corrected chi connectivity index (χ1v) is 8.30. The minimum absolute atomic E-state index is 0.923. The lowest BCUT2D eigenvalue weighted by Crippen LogP contribution is -2.00. The Balaban J connectivity index is 2.63. The summed E-state index contributed by atoms with van der Waals surface area (Å²) in [6, 6.07) is 8.86. The van der Waals surface area contributed by atoms with Crippen LogP contribution in [0.25, 0.3) is 11.1 Å². The Morgan fingerprint density at radius 1 is 1.00 bits per heavy atom. The van der Waals surface area contributed by atoms with Crippen molar-refractivity contribution in [3.8, 4) is 11.1 Å². The number of benzene rings is 2. The first-order chi connectivity index (χ1) is 9.45. The maximum atomic E-state index is 6.41. The van der Waals surface area contributed by atoms with Gasteiger partial charge in [0.2, 0.25) is 0 Å². The second-order valence-electron chi connectivity index (χ2n) is 5.52. The van der Waals surface area contributed by atoms with Gasteiger partial charge in [0.25, 0.3) is 0 Å². The number of rotatable bonds is 3. The van der Waals surface area contributed by atoms with Crippen LogP contribution in [0.2, 0.25) is 0 Å². The molecule has 0 aliphatic heterocycles. The van der Waals surface area contributed by atoms with E-state index in [1.165, 1.54) is 38.9 Å². The van der Waals surface area contributed by atoms with E-state index in [4.69, 9.17) is 5.73 Å². The fraction of sp³-hybridized carbons (Fsp3) is 0.333. The molecule has 20 heavy (non-hydrogen) atoms. The molecule has 1 nitrogen and oxygen atoms in total. The third-order valence-corrected chi connectivity index (χ3v) is 4.47. The highest BCUT2D eigenvalue weighted by molar-refractivity contribution is 7.97. The van der Waals surface area contributed by atoms with Crippen molar-refractivity contribution < 1.29 is 0 Å². The summed E-state index contributed by atoms with van der Waals surface area (Å²) in [6.07, 6.45) is 2.12. The van der Waals surface area contributed by atoms with Crippen molar-refractivity contribution in [2.24, 2.45) is 0 Å². The van der Waals surface area contributed by atoms with Crippen LogP contribution in [0.1, 0.15) is 27.8 Å². The third-order valence-electron chi connectivity index (χ3n) is 3.87. The van der Waals surface area contributed by atoms with Gasteiger partial charge in [-0.3, -0.25) is 0 Å². The SMILES string of the molecule is CSCc1ccc(-c2c(C)cc(C)cc2C)c(N)c1C. The quantitative estimate of drug-likeness (QED) is 0.800. The largest absolute Gasteiger partial charge is 0.398 e. The van der Waals surface area contributed by atoms with Gasteiger partial charge in [0.15, 0.2) is 0 Å². The van der Waals surface area contributed by atoms with Crippen molar-refractivity contribution in [2.75, 3.05) is 12.0 Å². The molecule has 0 amide bonds. The van der Waals surface area contributed by atoms with Crippen LogP contribution in [-0.4, -0.2) is 6.26 Å². The van der Waals surface area contributed by atoms with Crippen LogP contribution in [0.5, 0.6) is 0 Å². The molecule has 0 aromatic heterocycles. The van der Waals surface area contributed by atoms with E-state index in [2.05, 4.69) is 58.2 Å². The van der Waals surface area contributed by atoms with Crippen LogP contribution in [0.4, 0.5) is 5.69 Å². The second kappa shape index (κ2) is 5.92. The molecule has 0 saturated heterocycles. The molecule has 0 aliphatic rings. The van der Waals surface area contributed by atoms with Crippen LogP contribution in [0.15, 0.2) is 24.3 Å². The van der Waals surface area contributed by atoms with Crippen molar-refractivity contribution in [1.82, 2.24) is 0 Å². The maximum Gasteiger partial charge on any atom is 0.0426 e. The fourth-order valence-corrected chi connectivity index (χ4v) is 3.53. The topological polar surface area (TPSA) is 26.0 Å². The van der Waals surface area contributed by atoms with Crippen LogP contribution in [0, 0.1) is 27.7 Å². The van der Waals surface area contributed by atoms with Gasteiger partial charge < -0.3 is 5.73 Å². The van der Waals surface area contributed by atoms with E-state index in [0.29, 0.717) is 0 Å².